The monoisotopic (exact) mass is 491 g/mol. The molecule has 1 saturated heterocycles. The lowest BCUT2D eigenvalue weighted by atomic mass is 9.94. The molecule has 0 N–H and O–H groups in total. The number of carbonyl (C=O) groups excluding carboxylic acids is 1. The van der Waals surface area contributed by atoms with E-state index in [1.807, 2.05) is 30.3 Å². The second-order valence-electron chi connectivity index (χ2n) is 9.45. The van der Waals surface area contributed by atoms with Crippen molar-refractivity contribution in [3.63, 3.8) is 0 Å². The minimum absolute atomic E-state index is 0.0266. The molecule has 1 fully saturated rings. The number of nitrogens with zero attached hydrogens (tertiary/aromatic N) is 1. The first kappa shape index (κ1) is 22.7. The largest absolute Gasteiger partial charge is 0.573 e. The lowest BCUT2D eigenvalue weighted by Gasteiger charge is -2.34. The quantitative estimate of drug-likeness (QED) is 0.389. The number of para-hydroxylation sites is 1. The van der Waals surface area contributed by atoms with Crippen LogP contribution in [-0.4, -0.2) is 36.0 Å². The molecule has 2 unspecified atom stereocenters. The zero-order valence-electron chi connectivity index (χ0n) is 19.4. The van der Waals surface area contributed by atoms with Gasteiger partial charge in [-0.05, 0) is 53.2 Å². The third-order valence-corrected chi connectivity index (χ3v) is 7.40. The molecule has 2 bridgehead atoms. The summed E-state index contributed by atoms with van der Waals surface area (Å²) in [5.41, 5.74) is 5.82. The van der Waals surface area contributed by atoms with Crippen LogP contribution in [0.15, 0.2) is 78.9 Å². The Bertz CT molecular complexity index is 1300. The van der Waals surface area contributed by atoms with E-state index in [4.69, 9.17) is 4.74 Å². The Kier molecular flexibility index (Phi) is 5.51. The molecule has 0 aromatic heterocycles. The van der Waals surface area contributed by atoms with Crippen molar-refractivity contribution in [3.05, 3.63) is 95.6 Å². The Morgan fingerprint density at radius 1 is 0.861 bits per heavy atom. The Morgan fingerprint density at radius 2 is 1.47 bits per heavy atom. The summed E-state index contributed by atoms with van der Waals surface area (Å²) in [5, 5.41) is 0. The van der Waals surface area contributed by atoms with Crippen LogP contribution in [0.4, 0.5) is 18.0 Å². The Balaban J connectivity index is 1.20. The normalized spacial score (nSPS) is 20.5. The van der Waals surface area contributed by atoms with Gasteiger partial charge >= 0.3 is 12.5 Å². The van der Waals surface area contributed by atoms with Crippen molar-refractivity contribution < 1.29 is 27.4 Å². The van der Waals surface area contributed by atoms with Gasteiger partial charge in [0, 0.05) is 17.5 Å². The SMILES string of the molecule is O=C(OCC1c2ccccc2-c2ccccc21)N1C2C=C(c3ccccc3OC(F)(F)F)CC1CC2. The standard InChI is InChI=1S/C29H24F3NO3/c30-29(31,32)36-27-12-6-5-7-21(27)18-15-19-13-14-20(16-18)33(19)28(34)35-17-26-24-10-3-1-8-22(24)23-9-2-4-11-25(23)26/h1-12,15,19-20,26H,13-14,16-17H2. The fourth-order valence-electron chi connectivity index (χ4n) is 5.93. The predicted octanol–water partition coefficient (Wildman–Crippen LogP) is 7.15. The molecule has 2 atom stereocenters. The van der Waals surface area contributed by atoms with Gasteiger partial charge in [-0.2, -0.15) is 0 Å². The van der Waals surface area contributed by atoms with Crippen molar-refractivity contribution in [2.45, 2.75) is 43.6 Å². The van der Waals surface area contributed by atoms with Crippen LogP contribution >= 0.6 is 0 Å². The minimum atomic E-state index is -4.77. The number of fused-ring (bicyclic) bond motifs is 5. The van der Waals surface area contributed by atoms with Crippen molar-refractivity contribution in [3.8, 4) is 16.9 Å². The minimum Gasteiger partial charge on any atom is -0.448 e. The molecule has 6 rings (SSSR count). The summed E-state index contributed by atoms with van der Waals surface area (Å²) in [7, 11) is 0. The van der Waals surface area contributed by atoms with Gasteiger partial charge < -0.3 is 9.47 Å². The van der Waals surface area contributed by atoms with Crippen LogP contribution < -0.4 is 4.74 Å². The average Bonchev–Trinajstić information content (AvgIpc) is 3.32. The fraction of sp³-hybridized carbons (Fsp3) is 0.276. The van der Waals surface area contributed by atoms with Gasteiger partial charge in [0.2, 0.25) is 0 Å². The van der Waals surface area contributed by atoms with Gasteiger partial charge in [-0.3, -0.25) is 4.90 Å². The van der Waals surface area contributed by atoms with Crippen LogP contribution in [-0.2, 0) is 4.74 Å². The molecule has 1 amide bonds. The molecule has 3 aliphatic rings. The highest BCUT2D eigenvalue weighted by Gasteiger charge is 2.42. The zero-order valence-corrected chi connectivity index (χ0v) is 19.4. The lowest BCUT2D eigenvalue weighted by Crippen LogP contribution is -2.43. The number of carbonyl (C=O) groups is 1. The maximum atomic E-state index is 13.2. The van der Waals surface area contributed by atoms with E-state index in [0.29, 0.717) is 12.0 Å². The summed E-state index contributed by atoms with van der Waals surface area (Å²) in [6.45, 7) is 0.238. The summed E-state index contributed by atoms with van der Waals surface area (Å²) >= 11 is 0. The molecule has 4 nitrogen and oxygen atoms in total. The van der Waals surface area contributed by atoms with E-state index in [1.165, 1.54) is 23.3 Å². The maximum absolute atomic E-state index is 13.2. The smallest absolute Gasteiger partial charge is 0.448 e. The Hall–Kier alpha value is -3.74. The third-order valence-electron chi connectivity index (χ3n) is 7.40. The number of ether oxygens (including phenoxy) is 2. The molecule has 36 heavy (non-hydrogen) atoms. The topological polar surface area (TPSA) is 38.8 Å². The average molecular weight is 492 g/mol. The second kappa shape index (κ2) is 8.73. The highest BCUT2D eigenvalue weighted by atomic mass is 19.4. The van der Waals surface area contributed by atoms with Crippen LogP contribution in [0.5, 0.6) is 5.75 Å². The summed E-state index contributed by atoms with van der Waals surface area (Å²) in [6, 6.07) is 22.2. The first-order valence-electron chi connectivity index (χ1n) is 12.1. The summed E-state index contributed by atoms with van der Waals surface area (Å²) < 4.78 is 48.9. The van der Waals surface area contributed by atoms with E-state index < -0.39 is 6.36 Å². The van der Waals surface area contributed by atoms with E-state index in [2.05, 4.69) is 29.0 Å². The van der Waals surface area contributed by atoms with Crippen molar-refractivity contribution in [2.24, 2.45) is 0 Å². The molecule has 2 aliphatic heterocycles. The number of alkyl halides is 3. The molecular weight excluding hydrogens is 467 g/mol. The van der Waals surface area contributed by atoms with Gasteiger partial charge in [-0.15, -0.1) is 13.2 Å². The molecule has 3 aromatic carbocycles. The third kappa shape index (κ3) is 4.02. The number of amides is 1. The van der Waals surface area contributed by atoms with Crippen LogP contribution in [0.3, 0.4) is 0 Å². The summed E-state index contributed by atoms with van der Waals surface area (Å²) in [4.78, 5) is 15.0. The van der Waals surface area contributed by atoms with Crippen molar-refractivity contribution >= 4 is 11.7 Å². The van der Waals surface area contributed by atoms with Gasteiger partial charge in [0.05, 0.1) is 6.04 Å². The summed E-state index contributed by atoms with van der Waals surface area (Å²) in [5.74, 6) is -0.244. The number of hydrogen-bond acceptors (Lipinski definition) is 3. The molecule has 0 spiro atoms. The lowest BCUT2D eigenvalue weighted by molar-refractivity contribution is -0.274. The van der Waals surface area contributed by atoms with Crippen LogP contribution in [0.2, 0.25) is 0 Å². The van der Waals surface area contributed by atoms with Gasteiger partial charge in [-0.25, -0.2) is 4.79 Å². The maximum Gasteiger partial charge on any atom is 0.573 e. The van der Waals surface area contributed by atoms with Crippen molar-refractivity contribution in [2.75, 3.05) is 6.61 Å². The molecule has 184 valence electrons. The number of benzene rings is 3. The zero-order chi connectivity index (χ0) is 24.9. The first-order valence-corrected chi connectivity index (χ1v) is 12.1. The van der Waals surface area contributed by atoms with Crippen molar-refractivity contribution in [1.82, 2.24) is 4.90 Å². The molecule has 0 saturated carbocycles. The van der Waals surface area contributed by atoms with Crippen molar-refractivity contribution in [1.29, 1.82) is 0 Å². The molecule has 0 radical (unpaired) electrons. The van der Waals surface area contributed by atoms with E-state index >= 15 is 0 Å². The van der Waals surface area contributed by atoms with Gasteiger partial charge in [-0.1, -0.05) is 72.8 Å². The van der Waals surface area contributed by atoms with Crippen LogP contribution in [0.1, 0.15) is 41.9 Å². The second-order valence-corrected chi connectivity index (χ2v) is 9.45. The molecule has 7 heteroatoms. The Morgan fingerprint density at radius 3 is 2.11 bits per heavy atom. The van der Waals surface area contributed by atoms with E-state index in [1.54, 1.807) is 17.0 Å². The fourth-order valence-corrected chi connectivity index (χ4v) is 5.93. The highest BCUT2D eigenvalue weighted by molar-refractivity contribution is 5.80. The Labute approximate surface area is 206 Å². The van der Waals surface area contributed by atoms with Crippen LogP contribution in [0, 0.1) is 0 Å². The molecular formula is C29H24F3NO3. The number of hydrogen-bond donors (Lipinski definition) is 0. The number of rotatable bonds is 4. The predicted molar refractivity (Wildman–Crippen MR) is 129 cm³/mol. The molecule has 2 heterocycles. The highest BCUT2D eigenvalue weighted by Crippen LogP contribution is 2.45. The summed E-state index contributed by atoms with van der Waals surface area (Å²) in [6.07, 6.45) is -1.27. The van der Waals surface area contributed by atoms with Gasteiger partial charge in [0.15, 0.2) is 0 Å². The number of halogens is 3. The first-order chi connectivity index (χ1) is 17.4. The van der Waals surface area contributed by atoms with E-state index in [9.17, 15) is 18.0 Å². The van der Waals surface area contributed by atoms with E-state index in [0.717, 1.165) is 29.5 Å². The molecule has 1 aliphatic carbocycles. The molecule has 3 aromatic rings. The van der Waals surface area contributed by atoms with E-state index in [-0.39, 0.29) is 36.5 Å². The van der Waals surface area contributed by atoms with Gasteiger partial charge in [0.25, 0.3) is 0 Å². The van der Waals surface area contributed by atoms with Crippen LogP contribution in [0.25, 0.3) is 16.7 Å². The van der Waals surface area contributed by atoms with Gasteiger partial charge in [0.1, 0.15) is 12.4 Å².